The van der Waals surface area contributed by atoms with E-state index in [4.69, 9.17) is 14.2 Å². The third-order valence-electron chi connectivity index (χ3n) is 7.29. The average molecular weight is 433 g/mol. The Morgan fingerprint density at radius 1 is 1.26 bits per heavy atom. The summed E-state index contributed by atoms with van der Waals surface area (Å²) in [4.78, 5) is 27.1. The molecule has 3 atom stereocenters. The molecule has 31 heavy (non-hydrogen) atoms. The van der Waals surface area contributed by atoms with Gasteiger partial charge in [0, 0.05) is 50.1 Å². The zero-order valence-electron chi connectivity index (χ0n) is 18.3. The normalized spacial score (nSPS) is 27.5. The van der Waals surface area contributed by atoms with Crippen molar-refractivity contribution >= 4 is 17.5 Å². The van der Waals surface area contributed by atoms with E-state index >= 15 is 0 Å². The Morgan fingerprint density at radius 2 is 2.03 bits per heavy atom. The smallest absolute Gasteiger partial charge is 0.227 e. The molecule has 0 radical (unpaired) electrons. The first kappa shape index (κ1) is 21.9. The molecule has 1 aliphatic carbocycles. The Morgan fingerprint density at radius 3 is 2.74 bits per heavy atom. The highest BCUT2D eigenvalue weighted by atomic mass is 16.5. The molecule has 3 aliphatic rings. The van der Waals surface area contributed by atoms with Gasteiger partial charge in [0.1, 0.15) is 11.5 Å². The van der Waals surface area contributed by atoms with Crippen LogP contribution in [0, 0.1) is 17.3 Å². The number of aliphatic hydroxyl groups excluding tert-OH is 1. The fourth-order valence-corrected chi connectivity index (χ4v) is 5.32. The van der Waals surface area contributed by atoms with Crippen molar-refractivity contribution in [3.05, 3.63) is 18.2 Å². The van der Waals surface area contributed by atoms with E-state index in [-0.39, 0.29) is 29.6 Å². The molecule has 3 fully saturated rings. The van der Waals surface area contributed by atoms with Gasteiger partial charge in [-0.3, -0.25) is 9.59 Å². The van der Waals surface area contributed by atoms with Gasteiger partial charge in [-0.25, -0.2) is 0 Å². The van der Waals surface area contributed by atoms with Crippen LogP contribution in [0.5, 0.6) is 11.5 Å². The first-order valence-electron chi connectivity index (χ1n) is 11.0. The third kappa shape index (κ3) is 4.23. The van der Waals surface area contributed by atoms with Crippen molar-refractivity contribution in [2.75, 3.05) is 45.4 Å². The van der Waals surface area contributed by atoms with Crippen molar-refractivity contribution in [2.45, 2.75) is 38.2 Å². The average Bonchev–Trinajstić information content (AvgIpc) is 3.32. The van der Waals surface area contributed by atoms with Crippen LogP contribution >= 0.6 is 0 Å². The minimum atomic E-state index is -0.431. The minimum absolute atomic E-state index is 0.0498. The maximum atomic E-state index is 12.8. The number of benzene rings is 1. The number of nitrogens with zero attached hydrogens (tertiary/aromatic N) is 1. The molecule has 2 saturated heterocycles. The van der Waals surface area contributed by atoms with E-state index in [1.807, 2.05) is 0 Å². The van der Waals surface area contributed by atoms with Gasteiger partial charge in [0.25, 0.3) is 0 Å². The van der Waals surface area contributed by atoms with Gasteiger partial charge in [0.05, 0.1) is 31.9 Å². The molecule has 8 heteroatoms. The van der Waals surface area contributed by atoms with Gasteiger partial charge in [0.15, 0.2) is 0 Å². The van der Waals surface area contributed by atoms with Gasteiger partial charge < -0.3 is 29.5 Å². The van der Waals surface area contributed by atoms with E-state index in [0.717, 1.165) is 25.7 Å². The summed E-state index contributed by atoms with van der Waals surface area (Å²) in [6.07, 6.45) is 3.38. The maximum Gasteiger partial charge on any atom is 0.227 e. The number of hydrogen-bond donors (Lipinski definition) is 2. The van der Waals surface area contributed by atoms with Crippen LogP contribution in [0.2, 0.25) is 0 Å². The number of rotatable bonds is 6. The Balaban J connectivity index is 1.36. The van der Waals surface area contributed by atoms with Crippen LogP contribution in [-0.2, 0) is 14.3 Å². The van der Waals surface area contributed by atoms with Gasteiger partial charge in [-0.2, -0.15) is 0 Å². The summed E-state index contributed by atoms with van der Waals surface area (Å²) < 4.78 is 16.1. The summed E-state index contributed by atoms with van der Waals surface area (Å²) in [6, 6.07) is 5.27. The number of carbonyl (C=O) groups excluding carboxylic acids is 2. The van der Waals surface area contributed by atoms with Gasteiger partial charge in [-0.05, 0) is 37.8 Å². The van der Waals surface area contributed by atoms with Crippen molar-refractivity contribution < 1.29 is 28.9 Å². The van der Waals surface area contributed by atoms with Crippen LogP contribution in [0.15, 0.2) is 18.2 Å². The van der Waals surface area contributed by atoms with Gasteiger partial charge in [-0.1, -0.05) is 0 Å². The number of amides is 2. The SMILES string of the molecule is COc1ccc(OC)c(N2C[C@H](C(=O)NC[C@H]3CCC4(CCOCC4)[C@H]3O)CC2=O)c1. The largest absolute Gasteiger partial charge is 0.497 e. The van der Waals surface area contributed by atoms with Crippen LogP contribution in [0.1, 0.15) is 32.1 Å². The van der Waals surface area contributed by atoms with Gasteiger partial charge >= 0.3 is 0 Å². The molecule has 1 aromatic carbocycles. The van der Waals surface area contributed by atoms with E-state index in [9.17, 15) is 14.7 Å². The number of carbonyl (C=O) groups is 2. The molecule has 0 unspecified atom stereocenters. The lowest BCUT2D eigenvalue weighted by molar-refractivity contribution is -0.126. The van der Waals surface area contributed by atoms with Crippen LogP contribution < -0.4 is 19.7 Å². The van der Waals surface area contributed by atoms with Crippen molar-refractivity contribution in [1.82, 2.24) is 5.32 Å². The topological polar surface area (TPSA) is 97.3 Å². The first-order valence-corrected chi connectivity index (χ1v) is 11.0. The Bertz CT molecular complexity index is 822. The molecule has 1 aromatic rings. The highest BCUT2D eigenvalue weighted by molar-refractivity contribution is 6.01. The molecule has 1 saturated carbocycles. The maximum absolute atomic E-state index is 12.8. The lowest BCUT2D eigenvalue weighted by Crippen LogP contribution is -2.43. The molecule has 0 aromatic heterocycles. The first-order chi connectivity index (χ1) is 15.0. The van der Waals surface area contributed by atoms with E-state index in [1.165, 1.54) is 0 Å². The summed E-state index contributed by atoms with van der Waals surface area (Å²) in [5, 5.41) is 13.9. The van der Waals surface area contributed by atoms with E-state index in [1.54, 1.807) is 37.3 Å². The second-order valence-electron chi connectivity index (χ2n) is 8.91. The Hall–Kier alpha value is -2.32. The molecule has 2 amide bonds. The molecular formula is C23H32N2O6. The third-order valence-corrected chi connectivity index (χ3v) is 7.29. The van der Waals surface area contributed by atoms with Crippen molar-refractivity contribution in [3.63, 3.8) is 0 Å². The molecular weight excluding hydrogens is 400 g/mol. The fourth-order valence-electron chi connectivity index (χ4n) is 5.32. The Labute approximate surface area is 182 Å². The number of hydrogen-bond acceptors (Lipinski definition) is 6. The number of ether oxygens (including phenoxy) is 3. The van der Waals surface area contributed by atoms with Crippen molar-refractivity contribution in [2.24, 2.45) is 17.3 Å². The summed E-state index contributed by atoms with van der Waals surface area (Å²) in [6.45, 7) is 2.13. The lowest BCUT2D eigenvalue weighted by atomic mass is 9.76. The van der Waals surface area contributed by atoms with Crippen LogP contribution in [0.3, 0.4) is 0 Å². The summed E-state index contributed by atoms with van der Waals surface area (Å²) in [5.41, 5.74) is 0.547. The van der Waals surface area contributed by atoms with E-state index < -0.39 is 12.0 Å². The molecule has 170 valence electrons. The summed E-state index contributed by atoms with van der Waals surface area (Å²) >= 11 is 0. The second-order valence-corrected chi connectivity index (χ2v) is 8.91. The lowest BCUT2D eigenvalue weighted by Gasteiger charge is -2.37. The molecule has 2 heterocycles. The zero-order chi connectivity index (χ0) is 22.0. The van der Waals surface area contributed by atoms with E-state index in [0.29, 0.717) is 43.5 Å². The number of aliphatic hydroxyl groups is 1. The predicted molar refractivity (Wildman–Crippen MR) is 114 cm³/mol. The highest BCUT2D eigenvalue weighted by Crippen LogP contribution is 2.48. The quantitative estimate of drug-likeness (QED) is 0.711. The second kappa shape index (κ2) is 9.04. The van der Waals surface area contributed by atoms with Crippen molar-refractivity contribution in [1.29, 1.82) is 0 Å². The fraction of sp³-hybridized carbons (Fsp3) is 0.652. The highest BCUT2D eigenvalue weighted by Gasteiger charge is 2.48. The number of nitrogens with one attached hydrogen (secondary N) is 1. The zero-order valence-corrected chi connectivity index (χ0v) is 18.3. The van der Waals surface area contributed by atoms with Gasteiger partial charge in [0.2, 0.25) is 11.8 Å². The van der Waals surface area contributed by atoms with Crippen LogP contribution in [0.25, 0.3) is 0 Å². The van der Waals surface area contributed by atoms with Gasteiger partial charge in [-0.15, -0.1) is 0 Å². The monoisotopic (exact) mass is 432 g/mol. The molecule has 2 aliphatic heterocycles. The molecule has 2 N–H and O–H groups in total. The summed E-state index contributed by atoms with van der Waals surface area (Å²) in [7, 11) is 3.11. The van der Waals surface area contributed by atoms with Crippen LogP contribution in [-0.4, -0.2) is 63.5 Å². The minimum Gasteiger partial charge on any atom is -0.497 e. The summed E-state index contributed by atoms with van der Waals surface area (Å²) in [5.74, 6) is 0.541. The molecule has 0 bridgehead atoms. The molecule has 4 rings (SSSR count). The van der Waals surface area contributed by atoms with Crippen LogP contribution in [0.4, 0.5) is 5.69 Å². The standard InChI is InChI=1S/C23H32N2O6/c1-29-17-3-4-19(30-2)18(12-17)25-14-16(11-20(25)26)22(28)24-13-15-5-6-23(21(15)27)7-9-31-10-8-23/h3-4,12,15-16,21,27H,5-11,13-14H2,1-2H3,(H,24,28)/t15-,16-,21+/m1/s1. The number of methoxy groups -OCH3 is 2. The predicted octanol–water partition coefficient (Wildman–Crippen LogP) is 1.74. The Kier molecular flexibility index (Phi) is 6.39. The molecule has 1 spiro atoms. The molecule has 8 nitrogen and oxygen atoms in total. The number of anilines is 1. The van der Waals surface area contributed by atoms with Crippen molar-refractivity contribution in [3.8, 4) is 11.5 Å². The van der Waals surface area contributed by atoms with E-state index in [2.05, 4.69) is 5.32 Å².